The molecule has 5 nitrogen and oxygen atoms in total. The van der Waals surface area contributed by atoms with E-state index < -0.39 is 5.97 Å². The zero-order chi connectivity index (χ0) is 10.8. The summed E-state index contributed by atoms with van der Waals surface area (Å²) >= 11 is 1.41. The van der Waals surface area contributed by atoms with Gasteiger partial charge in [0.25, 0.3) is 0 Å². The fourth-order valence-electron chi connectivity index (χ4n) is 1.17. The molecule has 0 saturated carbocycles. The lowest BCUT2D eigenvalue weighted by molar-refractivity contribution is 0.0594. The normalized spacial score (nSPS) is 10.3. The number of rotatable bonds is 2. The number of nitrogens with zero attached hydrogens (tertiary/aromatic N) is 2. The van der Waals surface area contributed by atoms with Crippen LogP contribution in [0, 0.1) is 6.92 Å². The van der Waals surface area contributed by atoms with Crippen LogP contribution in [0.4, 0.5) is 0 Å². The van der Waals surface area contributed by atoms with Gasteiger partial charge in [0.05, 0.1) is 7.11 Å². The summed E-state index contributed by atoms with van der Waals surface area (Å²) in [4.78, 5) is 23.3. The van der Waals surface area contributed by atoms with E-state index in [9.17, 15) is 4.79 Å². The minimum absolute atomic E-state index is 0.355. The number of imidazole rings is 1. The Kier molecular flexibility index (Phi) is 2.51. The monoisotopic (exact) mass is 223 g/mol. The molecular formula is C9H9N3O2S. The number of carbonyl (C=O) groups excluding carboxylic acids is 1. The van der Waals surface area contributed by atoms with Crippen LogP contribution in [0.15, 0.2) is 12.4 Å². The van der Waals surface area contributed by atoms with Crippen LogP contribution in [-0.2, 0) is 4.74 Å². The molecule has 0 unspecified atom stereocenters. The van der Waals surface area contributed by atoms with E-state index in [1.54, 1.807) is 12.4 Å². The summed E-state index contributed by atoms with van der Waals surface area (Å²) in [5, 5.41) is 0.693. The van der Waals surface area contributed by atoms with Crippen LogP contribution in [0.2, 0.25) is 0 Å². The number of aryl methyl sites for hydroxylation is 1. The van der Waals surface area contributed by atoms with Gasteiger partial charge in [-0.3, -0.25) is 0 Å². The van der Waals surface area contributed by atoms with Crippen molar-refractivity contribution >= 4 is 17.3 Å². The molecule has 2 heterocycles. The Morgan fingerprint density at radius 2 is 2.40 bits per heavy atom. The highest BCUT2D eigenvalue weighted by Gasteiger charge is 2.17. The molecule has 0 radical (unpaired) electrons. The van der Waals surface area contributed by atoms with Crippen molar-refractivity contribution in [1.29, 1.82) is 0 Å². The van der Waals surface area contributed by atoms with Crippen molar-refractivity contribution in [1.82, 2.24) is 15.0 Å². The molecule has 6 heteroatoms. The number of esters is 1. The van der Waals surface area contributed by atoms with Gasteiger partial charge < -0.3 is 9.72 Å². The largest absolute Gasteiger partial charge is 0.464 e. The Morgan fingerprint density at radius 3 is 3.00 bits per heavy atom. The van der Waals surface area contributed by atoms with Gasteiger partial charge in [0.15, 0.2) is 16.5 Å². The first-order valence-corrected chi connectivity index (χ1v) is 5.09. The maximum atomic E-state index is 11.3. The zero-order valence-corrected chi connectivity index (χ0v) is 9.09. The van der Waals surface area contributed by atoms with Gasteiger partial charge in [-0.1, -0.05) is 0 Å². The SMILES string of the molecule is COC(=O)c1nc(-c2ncc[nH]2)sc1C. The van der Waals surface area contributed by atoms with Crippen molar-refractivity contribution in [3.63, 3.8) is 0 Å². The number of hydrogen-bond acceptors (Lipinski definition) is 5. The van der Waals surface area contributed by atoms with E-state index >= 15 is 0 Å². The summed E-state index contributed by atoms with van der Waals surface area (Å²) in [6, 6.07) is 0. The minimum atomic E-state index is -0.415. The Balaban J connectivity index is 2.41. The van der Waals surface area contributed by atoms with Gasteiger partial charge in [0.2, 0.25) is 0 Å². The van der Waals surface area contributed by atoms with Crippen LogP contribution in [0.5, 0.6) is 0 Å². The maximum Gasteiger partial charge on any atom is 0.357 e. The fourth-order valence-corrected chi connectivity index (χ4v) is 2.03. The Bertz CT molecular complexity index is 476. The number of aromatic amines is 1. The number of thiazole rings is 1. The first-order valence-electron chi connectivity index (χ1n) is 4.28. The minimum Gasteiger partial charge on any atom is -0.464 e. The Hall–Kier alpha value is -1.69. The van der Waals surface area contributed by atoms with Gasteiger partial charge >= 0.3 is 5.97 Å². The van der Waals surface area contributed by atoms with Crippen molar-refractivity contribution in [2.45, 2.75) is 6.92 Å². The predicted octanol–water partition coefficient (Wildman–Crippen LogP) is 1.63. The predicted molar refractivity (Wildman–Crippen MR) is 55.8 cm³/mol. The average molecular weight is 223 g/mol. The molecule has 2 aromatic heterocycles. The van der Waals surface area contributed by atoms with E-state index in [1.807, 2.05) is 6.92 Å². The second kappa shape index (κ2) is 3.82. The fraction of sp³-hybridized carbons (Fsp3) is 0.222. The van der Waals surface area contributed by atoms with E-state index in [-0.39, 0.29) is 0 Å². The smallest absolute Gasteiger partial charge is 0.357 e. The summed E-state index contributed by atoms with van der Waals surface area (Å²) in [5.41, 5.74) is 0.355. The Labute approximate surface area is 90.1 Å². The average Bonchev–Trinajstić information content (AvgIpc) is 2.84. The van der Waals surface area contributed by atoms with Gasteiger partial charge in [0, 0.05) is 17.3 Å². The first-order chi connectivity index (χ1) is 7.22. The molecule has 0 aliphatic rings. The van der Waals surface area contributed by atoms with Crippen molar-refractivity contribution in [3.05, 3.63) is 23.0 Å². The molecule has 1 N–H and O–H groups in total. The number of carbonyl (C=O) groups is 1. The highest BCUT2D eigenvalue weighted by Crippen LogP contribution is 2.25. The number of ether oxygens (including phenoxy) is 1. The molecule has 15 heavy (non-hydrogen) atoms. The molecule has 0 atom stereocenters. The van der Waals surface area contributed by atoms with Crippen molar-refractivity contribution < 1.29 is 9.53 Å². The van der Waals surface area contributed by atoms with E-state index in [4.69, 9.17) is 0 Å². The van der Waals surface area contributed by atoms with Gasteiger partial charge in [-0.15, -0.1) is 11.3 Å². The van der Waals surface area contributed by atoms with E-state index in [0.717, 1.165) is 4.88 Å². The number of aromatic nitrogens is 3. The third kappa shape index (κ3) is 1.75. The second-order valence-corrected chi connectivity index (χ2v) is 4.06. The molecule has 0 amide bonds. The quantitative estimate of drug-likeness (QED) is 0.786. The lowest BCUT2D eigenvalue weighted by Gasteiger charge is -1.93. The van der Waals surface area contributed by atoms with Crippen LogP contribution in [0.3, 0.4) is 0 Å². The van der Waals surface area contributed by atoms with Crippen LogP contribution >= 0.6 is 11.3 Å². The third-order valence-corrected chi connectivity index (χ3v) is 2.85. The van der Waals surface area contributed by atoms with E-state index in [2.05, 4.69) is 19.7 Å². The highest BCUT2D eigenvalue weighted by atomic mass is 32.1. The van der Waals surface area contributed by atoms with E-state index in [1.165, 1.54) is 18.4 Å². The van der Waals surface area contributed by atoms with Crippen LogP contribution < -0.4 is 0 Å². The molecule has 78 valence electrons. The lowest BCUT2D eigenvalue weighted by atomic mass is 10.4. The van der Waals surface area contributed by atoms with Gasteiger partial charge in [-0.25, -0.2) is 14.8 Å². The number of hydrogen-bond donors (Lipinski definition) is 1. The number of H-pyrrole nitrogens is 1. The van der Waals surface area contributed by atoms with Gasteiger partial charge in [-0.05, 0) is 6.92 Å². The number of nitrogens with one attached hydrogen (secondary N) is 1. The lowest BCUT2D eigenvalue weighted by Crippen LogP contribution is -2.03. The summed E-state index contributed by atoms with van der Waals surface area (Å²) in [7, 11) is 1.34. The van der Waals surface area contributed by atoms with Crippen molar-refractivity contribution in [3.8, 4) is 10.8 Å². The summed E-state index contributed by atoms with van der Waals surface area (Å²) in [6.07, 6.45) is 3.35. The zero-order valence-electron chi connectivity index (χ0n) is 8.27. The molecule has 0 aliphatic carbocycles. The molecule has 2 rings (SSSR count). The van der Waals surface area contributed by atoms with Crippen LogP contribution in [0.1, 0.15) is 15.4 Å². The molecule has 0 aromatic carbocycles. The molecule has 0 aliphatic heterocycles. The molecule has 0 fully saturated rings. The van der Waals surface area contributed by atoms with E-state index in [0.29, 0.717) is 16.5 Å². The number of methoxy groups -OCH3 is 1. The first kappa shape index (κ1) is 9.85. The maximum absolute atomic E-state index is 11.3. The van der Waals surface area contributed by atoms with Crippen molar-refractivity contribution in [2.75, 3.05) is 7.11 Å². The van der Waals surface area contributed by atoms with Crippen LogP contribution in [0.25, 0.3) is 10.8 Å². The molecule has 0 bridgehead atoms. The Morgan fingerprint density at radius 1 is 1.60 bits per heavy atom. The standard InChI is InChI=1S/C9H9N3O2S/c1-5-6(9(13)14-2)12-8(15-5)7-10-3-4-11-7/h3-4H,1-2H3,(H,10,11). The highest BCUT2D eigenvalue weighted by molar-refractivity contribution is 7.15. The summed E-state index contributed by atoms with van der Waals surface area (Å²) in [6.45, 7) is 1.83. The summed E-state index contributed by atoms with van der Waals surface area (Å²) < 4.78 is 4.62. The molecule has 0 saturated heterocycles. The van der Waals surface area contributed by atoms with Crippen molar-refractivity contribution in [2.24, 2.45) is 0 Å². The second-order valence-electron chi connectivity index (χ2n) is 2.85. The molecular weight excluding hydrogens is 214 g/mol. The summed E-state index contributed by atoms with van der Waals surface area (Å²) in [5.74, 6) is 0.250. The molecule has 0 spiro atoms. The topological polar surface area (TPSA) is 67.9 Å². The molecule has 2 aromatic rings. The third-order valence-electron chi connectivity index (χ3n) is 1.88. The van der Waals surface area contributed by atoms with Gasteiger partial charge in [0.1, 0.15) is 0 Å². The van der Waals surface area contributed by atoms with Crippen LogP contribution in [-0.4, -0.2) is 28.0 Å². The van der Waals surface area contributed by atoms with Gasteiger partial charge in [-0.2, -0.15) is 0 Å².